The normalized spacial score (nSPS) is 10.4. The zero-order chi connectivity index (χ0) is 15.4. The van der Waals surface area contributed by atoms with Crippen molar-refractivity contribution in [3.63, 3.8) is 0 Å². The lowest BCUT2D eigenvalue weighted by Gasteiger charge is -2.13. The summed E-state index contributed by atoms with van der Waals surface area (Å²) in [7, 11) is 1.78. The summed E-state index contributed by atoms with van der Waals surface area (Å²) in [4.78, 5) is 10.5. The fourth-order valence-electron chi connectivity index (χ4n) is 1.84. The monoisotopic (exact) mass is 326 g/mol. The van der Waals surface area contributed by atoms with E-state index in [-0.39, 0.29) is 16.5 Å². The van der Waals surface area contributed by atoms with E-state index in [9.17, 15) is 10.1 Å². The van der Waals surface area contributed by atoms with E-state index >= 15 is 0 Å². The van der Waals surface area contributed by atoms with Crippen molar-refractivity contribution in [1.82, 2.24) is 5.32 Å². The predicted octanol–water partition coefficient (Wildman–Crippen LogP) is 4.41. The molecule has 2 rings (SSSR count). The van der Waals surface area contributed by atoms with Crippen LogP contribution >= 0.6 is 23.2 Å². The van der Waals surface area contributed by atoms with Crippen LogP contribution < -0.4 is 10.1 Å². The Balaban J connectivity index is 2.50. The molecule has 0 aliphatic heterocycles. The van der Waals surface area contributed by atoms with Gasteiger partial charge in [0.2, 0.25) is 5.75 Å². The Hall–Kier alpha value is -1.82. The first-order valence-corrected chi connectivity index (χ1v) is 6.83. The number of benzene rings is 2. The Bertz CT molecular complexity index is 677. The Morgan fingerprint density at radius 1 is 1.14 bits per heavy atom. The maximum Gasteiger partial charge on any atom is 0.313 e. The van der Waals surface area contributed by atoms with Crippen LogP contribution in [0.1, 0.15) is 5.56 Å². The Kier molecular flexibility index (Phi) is 5.01. The molecular weight excluding hydrogens is 315 g/mol. The van der Waals surface area contributed by atoms with Crippen LogP contribution in [0.5, 0.6) is 11.5 Å². The highest BCUT2D eigenvalue weighted by Crippen LogP contribution is 2.41. The standard InChI is InChI=1S/C14H12Cl2N2O3/c1-17-8-9-4-2-5-10(15)13(9)21-14-11(16)6-3-7-12(14)18(19)20/h2-7,17H,8H2,1H3. The van der Waals surface area contributed by atoms with Crippen molar-refractivity contribution < 1.29 is 9.66 Å². The van der Waals surface area contributed by atoms with Gasteiger partial charge in [-0.2, -0.15) is 0 Å². The molecule has 0 aliphatic rings. The minimum atomic E-state index is -0.546. The molecule has 0 saturated carbocycles. The van der Waals surface area contributed by atoms with Crippen molar-refractivity contribution in [3.8, 4) is 11.5 Å². The zero-order valence-electron chi connectivity index (χ0n) is 11.1. The van der Waals surface area contributed by atoms with Crippen molar-refractivity contribution >= 4 is 28.9 Å². The molecule has 0 radical (unpaired) electrons. The highest BCUT2D eigenvalue weighted by Gasteiger charge is 2.21. The number of nitro groups is 1. The Morgan fingerprint density at radius 2 is 1.76 bits per heavy atom. The van der Waals surface area contributed by atoms with E-state index < -0.39 is 4.92 Å². The average molecular weight is 327 g/mol. The van der Waals surface area contributed by atoms with Crippen molar-refractivity contribution in [2.45, 2.75) is 6.54 Å². The quantitative estimate of drug-likeness (QED) is 0.652. The SMILES string of the molecule is CNCc1cccc(Cl)c1Oc1c(Cl)cccc1[N+](=O)[O-]. The molecule has 0 unspecified atom stereocenters. The molecule has 0 saturated heterocycles. The van der Waals surface area contributed by atoms with Gasteiger partial charge in [-0.1, -0.05) is 41.4 Å². The van der Waals surface area contributed by atoms with Crippen LogP contribution in [0.3, 0.4) is 0 Å². The molecule has 0 bridgehead atoms. The number of nitrogens with zero attached hydrogens (tertiary/aromatic N) is 1. The summed E-state index contributed by atoms with van der Waals surface area (Å²) in [5, 5.41) is 14.6. The molecule has 21 heavy (non-hydrogen) atoms. The number of halogens is 2. The summed E-state index contributed by atoms with van der Waals surface area (Å²) in [6.45, 7) is 0.508. The molecular formula is C14H12Cl2N2O3. The average Bonchev–Trinajstić information content (AvgIpc) is 2.44. The fraction of sp³-hybridized carbons (Fsp3) is 0.143. The van der Waals surface area contributed by atoms with Gasteiger partial charge in [0, 0.05) is 18.2 Å². The molecule has 1 N–H and O–H groups in total. The molecule has 0 spiro atoms. The molecule has 7 heteroatoms. The minimum Gasteiger partial charge on any atom is -0.447 e. The fourth-order valence-corrected chi connectivity index (χ4v) is 2.28. The topological polar surface area (TPSA) is 64.4 Å². The van der Waals surface area contributed by atoms with Gasteiger partial charge < -0.3 is 10.1 Å². The lowest BCUT2D eigenvalue weighted by atomic mass is 10.2. The third kappa shape index (κ3) is 3.44. The first-order chi connectivity index (χ1) is 10.0. The van der Waals surface area contributed by atoms with E-state index in [0.29, 0.717) is 17.3 Å². The second kappa shape index (κ2) is 6.76. The van der Waals surface area contributed by atoms with Gasteiger partial charge in [-0.15, -0.1) is 0 Å². The highest BCUT2D eigenvalue weighted by molar-refractivity contribution is 6.33. The largest absolute Gasteiger partial charge is 0.447 e. The lowest BCUT2D eigenvalue weighted by molar-refractivity contribution is -0.385. The van der Waals surface area contributed by atoms with Gasteiger partial charge in [-0.25, -0.2) is 0 Å². The maximum atomic E-state index is 11.1. The van der Waals surface area contributed by atoms with Crippen LogP contribution in [0.15, 0.2) is 36.4 Å². The second-order valence-electron chi connectivity index (χ2n) is 4.21. The third-order valence-corrected chi connectivity index (χ3v) is 3.36. The van der Waals surface area contributed by atoms with Gasteiger partial charge in [-0.05, 0) is 19.2 Å². The Labute approximate surface area is 131 Å². The van der Waals surface area contributed by atoms with Crippen LogP contribution in [-0.2, 0) is 6.54 Å². The minimum absolute atomic E-state index is 0.0189. The number of ether oxygens (including phenoxy) is 1. The summed E-state index contributed by atoms with van der Waals surface area (Å²) in [5.41, 5.74) is 0.567. The molecule has 0 atom stereocenters. The van der Waals surface area contributed by atoms with Gasteiger partial charge in [0.15, 0.2) is 5.75 Å². The first kappa shape index (κ1) is 15.6. The Morgan fingerprint density at radius 3 is 2.38 bits per heavy atom. The van der Waals surface area contributed by atoms with E-state index in [1.165, 1.54) is 18.2 Å². The van der Waals surface area contributed by atoms with Crippen molar-refractivity contribution in [2.75, 3.05) is 7.05 Å². The molecule has 0 aromatic heterocycles. The summed E-state index contributed by atoms with van der Waals surface area (Å²) < 4.78 is 5.67. The van der Waals surface area contributed by atoms with Crippen molar-refractivity contribution in [3.05, 3.63) is 62.1 Å². The van der Waals surface area contributed by atoms with Crippen molar-refractivity contribution in [1.29, 1.82) is 0 Å². The van der Waals surface area contributed by atoms with Crippen LogP contribution in [0, 0.1) is 10.1 Å². The van der Waals surface area contributed by atoms with Gasteiger partial charge >= 0.3 is 5.69 Å². The molecule has 5 nitrogen and oxygen atoms in total. The zero-order valence-corrected chi connectivity index (χ0v) is 12.6. The van der Waals surface area contributed by atoms with Gasteiger partial charge in [0.1, 0.15) is 0 Å². The predicted molar refractivity (Wildman–Crippen MR) is 82.4 cm³/mol. The molecule has 0 amide bonds. The van der Waals surface area contributed by atoms with E-state index in [4.69, 9.17) is 27.9 Å². The van der Waals surface area contributed by atoms with E-state index in [0.717, 1.165) is 5.56 Å². The number of nitrogens with one attached hydrogen (secondary N) is 1. The van der Waals surface area contributed by atoms with Crippen LogP contribution in [-0.4, -0.2) is 12.0 Å². The smallest absolute Gasteiger partial charge is 0.313 e. The summed E-state index contributed by atoms with van der Waals surface area (Å²) in [5.74, 6) is 0.333. The summed E-state index contributed by atoms with van der Waals surface area (Å²) in [6.07, 6.45) is 0. The van der Waals surface area contributed by atoms with Crippen LogP contribution in [0.25, 0.3) is 0 Å². The van der Waals surface area contributed by atoms with E-state index in [1.807, 2.05) is 6.07 Å². The number of para-hydroxylation sites is 2. The van der Waals surface area contributed by atoms with Crippen LogP contribution in [0.2, 0.25) is 10.0 Å². The molecule has 110 valence electrons. The highest BCUT2D eigenvalue weighted by atomic mass is 35.5. The molecule has 0 fully saturated rings. The van der Waals surface area contributed by atoms with E-state index in [2.05, 4.69) is 5.32 Å². The molecule has 0 heterocycles. The number of hydrogen-bond donors (Lipinski definition) is 1. The van der Waals surface area contributed by atoms with Gasteiger partial charge in [-0.3, -0.25) is 10.1 Å². The maximum absolute atomic E-state index is 11.1. The van der Waals surface area contributed by atoms with Gasteiger partial charge in [0.05, 0.1) is 15.0 Å². The lowest BCUT2D eigenvalue weighted by Crippen LogP contribution is -2.07. The molecule has 2 aromatic carbocycles. The van der Waals surface area contributed by atoms with Crippen LogP contribution in [0.4, 0.5) is 5.69 Å². The van der Waals surface area contributed by atoms with Crippen molar-refractivity contribution in [2.24, 2.45) is 0 Å². The van der Waals surface area contributed by atoms with Gasteiger partial charge in [0.25, 0.3) is 0 Å². The first-order valence-electron chi connectivity index (χ1n) is 6.07. The number of nitro benzene ring substituents is 1. The summed E-state index contributed by atoms with van der Waals surface area (Å²) >= 11 is 12.2. The second-order valence-corrected chi connectivity index (χ2v) is 5.02. The van der Waals surface area contributed by atoms with E-state index in [1.54, 1.807) is 19.2 Å². The molecule has 2 aromatic rings. The molecule has 0 aliphatic carbocycles. The summed E-state index contributed by atoms with van der Waals surface area (Å²) in [6, 6.07) is 9.60. The number of rotatable bonds is 5. The number of hydrogen-bond acceptors (Lipinski definition) is 4. The third-order valence-electron chi connectivity index (χ3n) is 2.76.